The molecule has 0 radical (unpaired) electrons. The van der Waals surface area contributed by atoms with Crippen LogP contribution in [0.2, 0.25) is 0 Å². The Hall–Kier alpha value is -2.26. The highest BCUT2D eigenvalue weighted by atomic mass is 79.9. The number of pyridine rings is 1. The van der Waals surface area contributed by atoms with E-state index < -0.39 is 0 Å². The second-order valence-corrected chi connectivity index (χ2v) is 6.63. The summed E-state index contributed by atoms with van der Waals surface area (Å²) in [5.74, 6) is 0.801. The highest BCUT2D eigenvalue weighted by Crippen LogP contribution is 2.26. The number of aliphatic imine (C=N–C) groups is 1. The van der Waals surface area contributed by atoms with Gasteiger partial charge < -0.3 is 20.6 Å². The number of nitrogens with zero attached hydrogens (tertiary/aromatic N) is 4. The van der Waals surface area contributed by atoms with Gasteiger partial charge in [0, 0.05) is 36.5 Å². The van der Waals surface area contributed by atoms with E-state index >= 15 is 0 Å². The molecule has 0 saturated carbocycles. The molecule has 3 rings (SSSR count). The molecule has 1 fully saturated rings. The number of allylic oxidation sites excluding steroid dienone is 1. The van der Waals surface area contributed by atoms with Gasteiger partial charge in [-0.05, 0) is 35.0 Å². The number of aromatic nitrogens is 1. The van der Waals surface area contributed by atoms with Crippen LogP contribution in [-0.4, -0.2) is 53.8 Å². The predicted octanol–water partition coefficient (Wildman–Crippen LogP) is 1.72. The molecule has 1 saturated heterocycles. The molecule has 9 heteroatoms. The first-order valence-corrected chi connectivity index (χ1v) is 8.64. The fourth-order valence-electron chi connectivity index (χ4n) is 2.79. The van der Waals surface area contributed by atoms with Crippen LogP contribution in [-0.2, 0) is 11.2 Å². The Balaban J connectivity index is 1.89. The van der Waals surface area contributed by atoms with E-state index in [0.29, 0.717) is 25.3 Å². The van der Waals surface area contributed by atoms with Crippen LogP contribution in [0.5, 0.6) is 0 Å². The van der Waals surface area contributed by atoms with E-state index in [9.17, 15) is 0 Å². The summed E-state index contributed by atoms with van der Waals surface area (Å²) in [6, 6.07) is 3.88. The van der Waals surface area contributed by atoms with Gasteiger partial charge in [-0.15, -0.1) is 0 Å². The number of rotatable bonds is 3. The molecule has 132 valence electrons. The molecule has 1 aromatic heterocycles. The normalized spacial score (nSPS) is 20.2. The Morgan fingerprint density at radius 3 is 2.80 bits per heavy atom. The molecule has 0 aliphatic carbocycles. The third-order valence-electron chi connectivity index (χ3n) is 4.18. The minimum atomic E-state index is -0.0754. The van der Waals surface area contributed by atoms with Crippen LogP contribution >= 0.6 is 15.9 Å². The Kier molecular flexibility index (Phi) is 5.14. The summed E-state index contributed by atoms with van der Waals surface area (Å²) in [6.07, 6.45) is 0.451. The highest BCUT2D eigenvalue weighted by molar-refractivity contribution is 9.10. The lowest BCUT2D eigenvalue weighted by Gasteiger charge is -2.29. The fourth-order valence-corrected chi connectivity index (χ4v) is 3.26. The Labute approximate surface area is 153 Å². The molecular weight excluding hydrogens is 388 g/mol. The van der Waals surface area contributed by atoms with Gasteiger partial charge in [-0.1, -0.05) is 5.16 Å². The second kappa shape index (κ2) is 7.32. The van der Waals surface area contributed by atoms with Crippen LogP contribution in [0.4, 0.5) is 5.82 Å². The summed E-state index contributed by atoms with van der Waals surface area (Å²) in [5, 5.41) is 19.9. The average Bonchev–Trinajstić information content (AvgIpc) is 2.63. The number of hydrogen-bond acceptors (Lipinski definition) is 7. The van der Waals surface area contributed by atoms with Crippen LogP contribution < -0.4 is 10.6 Å². The fraction of sp³-hybridized carbons (Fsp3) is 0.375. The van der Waals surface area contributed by atoms with Gasteiger partial charge in [-0.2, -0.15) is 0 Å². The molecule has 8 nitrogen and oxygen atoms in total. The number of halogens is 1. The topological polar surface area (TPSA) is 120 Å². The summed E-state index contributed by atoms with van der Waals surface area (Å²) >= 11 is 3.56. The Morgan fingerprint density at radius 1 is 1.40 bits per heavy atom. The molecule has 1 aromatic rings. The van der Waals surface area contributed by atoms with Crippen molar-refractivity contribution >= 4 is 39.0 Å². The highest BCUT2D eigenvalue weighted by Gasteiger charge is 2.23. The standard InChI is InChI=1S/C16H19BrN6O2/c1-9-11(13(18)14(19)15(20-9)22-24)8-10-2-3-12(17)16(21-10)23-4-6-25-7-5-23/h2-3,19,24H,4-8,18H2,1H3/b19-14?,22-15+. The lowest BCUT2D eigenvalue weighted by atomic mass is 9.97. The third-order valence-corrected chi connectivity index (χ3v) is 4.80. The van der Waals surface area contributed by atoms with Crippen molar-refractivity contribution < 1.29 is 9.94 Å². The van der Waals surface area contributed by atoms with Gasteiger partial charge in [0.1, 0.15) is 11.5 Å². The van der Waals surface area contributed by atoms with E-state index in [2.05, 4.69) is 31.0 Å². The molecule has 0 atom stereocenters. The average molecular weight is 407 g/mol. The first-order valence-electron chi connectivity index (χ1n) is 7.85. The number of hydrogen-bond donors (Lipinski definition) is 3. The summed E-state index contributed by atoms with van der Waals surface area (Å²) in [7, 11) is 0. The van der Waals surface area contributed by atoms with Crippen LogP contribution in [0, 0.1) is 5.41 Å². The van der Waals surface area contributed by atoms with Crippen molar-refractivity contribution in [3.63, 3.8) is 0 Å². The van der Waals surface area contributed by atoms with Gasteiger partial charge in [-0.25, -0.2) is 9.98 Å². The number of nitrogens with one attached hydrogen (secondary N) is 1. The maximum atomic E-state index is 8.91. The minimum Gasteiger partial charge on any atom is -0.409 e. The molecule has 0 aromatic carbocycles. The number of oxime groups is 1. The summed E-state index contributed by atoms with van der Waals surface area (Å²) in [6.45, 7) is 4.73. The number of morpholine rings is 1. The minimum absolute atomic E-state index is 0.0727. The first-order chi connectivity index (χ1) is 12.0. The molecule has 2 aliphatic heterocycles. The van der Waals surface area contributed by atoms with E-state index in [1.54, 1.807) is 6.92 Å². The first kappa shape index (κ1) is 17.6. The number of anilines is 1. The van der Waals surface area contributed by atoms with Gasteiger partial charge in [0.15, 0.2) is 0 Å². The van der Waals surface area contributed by atoms with Crippen molar-refractivity contribution in [2.45, 2.75) is 13.3 Å². The van der Waals surface area contributed by atoms with Crippen LogP contribution in [0.25, 0.3) is 0 Å². The van der Waals surface area contributed by atoms with Crippen LogP contribution in [0.1, 0.15) is 12.6 Å². The van der Waals surface area contributed by atoms with Crippen molar-refractivity contribution in [1.29, 1.82) is 5.41 Å². The quantitative estimate of drug-likeness (QED) is 0.521. The monoisotopic (exact) mass is 406 g/mol. The largest absolute Gasteiger partial charge is 0.409 e. The zero-order valence-corrected chi connectivity index (χ0v) is 15.4. The molecule has 4 N–H and O–H groups in total. The van der Waals surface area contributed by atoms with Crippen molar-refractivity contribution in [3.05, 3.63) is 33.6 Å². The molecule has 2 aliphatic rings. The summed E-state index contributed by atoms with van der Waals surface area (Å²) in [5.41, 5.74) is 8.42. The van der Waals surface area contributed by atoms with E-state index in [-0.39, 0.29) is 17.2 Å². The smallest absolute Gasteiger partial charge is 0.218 e. The zero-order valence-electron chi connectivity index (χ0n) is 13.8. The SMILES string of the molecule is CC1=N/C(=N/O)C(=N)C(N)=C1Cc1ccc(Br)c(N2CCOCC2)n1. The molecule has 25 heavy (non-hydrogen) atoms. The van der Waals surface area contributed by atoms with Gasteiger partial charge in [0.05, 0.1) is 23.4 Å². The lowest BCUT2D eigenvalue weighted by molar-refractivity contribution is 0.122. The van der Waals surface area contributed by atoms with Gasteiger partial charge in [0.2, 0.25) is 5.84 Å². The van der Waals surface area contributed by atoms with E-state index in [1.165, 1.54) is 0 Å². The maximum absolute atomic E-state index is 8.91. The third kappa shape index (κ3) is 3.57. The molecule has 0 bridgehead atoms. The Bertz CT molecular complexity index is 796. The molecule has 3 heterocycles. The van der Waals surface area contributed by atoms with Crippen molar-refractivity contribution in [2.24, 2.45) is 15.9 Å². The van der Waals surface area contributed by atoms with Gasteiger partial charge in [0.25, 0.3) is 0 Å². The van der Waals surface area contributed by atoms with E-state index in [0.717, 1.165) is 34.6 Å². The summed E-state index contributed by atoms with van der Waals surface area (Å²) < 4.78 is 6.32. The summed E-state index contributed by atoms with van der Waals surface area (Å²) in [4.78, 5) is 11.1. The zero-order chi connectivity index (χ0) is 18.0. The van der Waals surface area contributed by atoms with Crippen LogP contribution in [0.15, 0.2) is 38.0 Å². The second-order valence-electron chi connectivity index (χ2n) is 5.77. The molecule has 0 spiro atoms. The molecule has 0 amide bonds. The molecule has 0 unspecified atom stereocenters. The van der Waals surface area contributed by atoms with Crippen LogP contribution in [0.3, 0.4) is 0 Å². The predicted molar refractivity (Wildman–Crippen MR) is 99.9 cm³/mol. The van der Waals surface area contributed by atoms with Gasteiger partial charge in [-0.3, -0.25) is 5.41 Å². The lowest BCUT2D eigenvalue weighted by Crippen LogP contribution is -2.37. The number of ether oxygens (including phenoxy) is 1. The van der Waals surface area contributed by atoms with Crippen molar-refractivity contribution in [1.82, 2.24) is 4.98 Å². The Morgan fingerprint density at radius 2 is 2.12 bits per heavy atom. The number of dihydropyridines is 1. The number of amidine groups is 1. The van der Waals surface area contributed by atoms with E-state index in [4.69, 9.17) is 26.1 Å². The van der Waals surface area contributed by atoms with E-state index in [1.807, 2.05) is 12.1 Å². The number of nitrogens with two attached hydrogens (primary N) is 1. The maximum Gasteiger partial charge on any atom is 0.218 e. The van der Waals surface area contributed by atoms with Gasteiger partial charge >= 0.3 is 0 Å². The van der Waals surface area contributed by atoms with Crippen molar-refractivity contribution in [3.8, 4) is 0 Å². The molecular formula is C16H19BrN6O2. The van der Waals surface area contributed by atoms with Crippen molar-refractivity contribution in [2.75, 3.05) is 31.2 Å².